The van der Waals surface area contributed by atoms with E-state index in [1.54, 1.807) is 6.33 Å². The summed E-state index contributed by atoms with van der Waals surface area (Å²) in [6.45, 7) is 3.06. The number of hydrogen-bond donors (Lipinski definition) is 1. The fraction of sp³-hybridized carbons (Fsp3) is 0.667. The van der Waals surface area contributed by atoms with E-state index < -0.39 is 0 Å². The van der Waals surface area contributed by atoms with Crippen molar-refractivity contribution in [1.29, 1.82) is 0 Å². The molecule has 0 unspecified atom stereocenters. The van der Waals surface area contributed by atoms with Gasteiger partial charge in [0.05, 0.1) is 6.10 Å². The van der Waals surface area contributed by atoms with E-state index in [-0.39, 0.29) is 6.10 Å². The highest BCUT2D eigenvalue weighted by Gasteiger charge is 2.28. The van der Waals surface area contributed by atoms with Crippen LogP contribution < -0.4 is 4.90 Å². The molecule has 1 fully saturated rings. The molecule has 0 bridgehead atoms. The fourth-order valence-corrected chi connectivity index (χ4v) is 2.12. The Hall–Kier alpha value is -1.16. The molecule has 0 aliphatic heterocycles. The van der Waals surface area contributed by atoms with Crippen molar-refractivity contribution in [3.05, 3.63) is 18.1 Å². The Morgan fingerprint density at radius 2 is 2.19 bits per heavy atom. The van der Waals surface area contributed by atoms with Crippen LogP contribution in [0.2, 0.25) is 0 Å². The highest BCUT2D eigenvalue weighted by atomic mass is 16.3. The molecule has 0 amide bonds. The summed E-state index contributed by atoms with van der Waals surface area (Å²) in [5.74, 6) is 1.59. The highest BCUT2D eigenvalue weighted by Crippen LogP contribution is 2.28. The average molecular weight is 221 g/mol. The Bertz CT molecular complexity index is 350. The van der Waals surface area contributed by atoms with Crippen LogP contribution in [0.3, 0.4) is 0 Å². The molecule has 1 aliphatic rings. The van der Waals surface area contributed by atoms with Crippen LogP contribution in [0.25, 0.3) is 0 Å². The summed E-state index contributed by atoms with van der Waals surface area (Å²) < 4.78 is 0. The largest absolute Gasteiger partial charge is 0.393 e. The lowest BCUT2D eigenvalue weighted by Crippen LogP contribution is -2.37. The summed E-state index contributed by atoms with van der Waals surface area (Å²) in [7, 11) is 2.05. The molecule has 1 saturated carbocycles. The van der Waals surface area contributed by atoms with E-state index in [4.69, 9.17) is 0 Å². The maximum Gasteiger partial charge on any atom is 0.131 e. The minimum absolute atomic E-state index is 0.0741. The monoisotopic (exact) mass is 221 g/mol. The maximum absolute atomic E-state index is 9.24. The summed E-state index contributed by atoms with van der Waals surface area (Å²) in [5.41, 5.74) is 1.07. The second kappa shape index (κ2) is 4.78. The van der Waals surface area contributed by atoms with Crippen molar-refractivity contribution < 1.29 is 5.11 Å². The van der Waals surface area contributed by atoms with E-state index in [1.807, 2.05) is 13.1 Å². The molecule has 1 N–H and O–H groups in total. The average Bonchev–Trinajstić information content (AvgIpc) is 2.27. The van der Waals surface area contributed by atoms with Gasteiger partial charge in [0.25, 0.3) is 0 Å². The van der Waals surface area contributed by atoms with Crippen LogP contribution in [-0.2, 0) is 6.42 Å². The smallest absolute Gasteiger partial charge is 0.131 e. The molecule has 0 aromatic carbocycles. The predicted octanol–water partition coefficient (Wildman–Crippen LogP) is 1.25. The van der Waals surface area contributed by atoms with Crippen LogP contribution in [0.1, 0.15) is 25.5 Å². The van der Waals surface area contributed by atoms with Gasteiger partial charge in [-0.1, -0.05) is 6.92 Å². The predicted molar refractivity (Wildman–Crippen MR) is 63.4 cm³/mol. The SMILES string of the molecule is CCc1cc(N(C)CC2CC(O)C2)ncn1. The van der Waals surface area contributed by atoms with Crippen molar-refractivity contribution in [2.75, 3.05) is 18.5 Å². The summed E-state index contributed by atoms with van der Waals surface area (Å²) in [4.78, 5) is 10.6. The summed E-state index contributed by atoms with van der Waals surface area (Å²) >= 11 is 0. The molecule has 0 spiro atoms. The highest BCUT2D eigenvalue weighted by molar-refractivity contribution is 5.37. The number of aliphatic hydroxyl groups is 1. The van der Waals surface area contributed by atoms with Crippen LogP contribution in [-0.4, -0.2) is 34.8 Å². The zero-order chi connectivity index (χ0) is 11.5. The van der Waals surface area contributed by atoms with Crippen LogP contribution >= 0.6 is 0 Å². The van der Waals surface area contributed by atoms with Crippen LogP contribution in [0.5, 0.6) is 0 Å². The van der Waals surface area contributed by atoms with Gasteiger partial charge in [-0.2, -0.15) is 0 Å². The Morgan fingerprint density at radius 3 is 2.81 bits per heavy atom. The van der Waals surface area contributed by atoms with Crippen molar-refractivity contribution in [2.24, 2.45) is 5.92 Å². The minimum Gasteiger partial charge on any atom is -0.393 e. The Kier molecular flexibility index (Phi) is 3.39. The fourth-order valence-electron chi connectivity index (χ4n) is 2.12. The van der Waals surface area contributed by atoms with Gasteiger partial charge in [-0.05, 0) is 25.2 Å². The first-order valence-electron chi connectivity index (χ1n) is 5.89. The molecule has 88 valence electrons. The lowest BCUT2D eigenvalue weighted by Gasteiger charge is -2.34. The third-order valence-corrected chi connectivity index (χ3v) is 3.21. The molecule has 0 saturated heterocycles. The van der Waals surface area contributed by atoms with Gasteiger partial charge in [-0.3, -0.25) is 0 Å². The summed E-state index contributed by atoms with van der Waals surface area (Å²) in [6.07, 6.45) is 4.34. The number of aliphatic hydroxyl groups excluding tert-OH is 1. The standard InChI is InChI=1S/C12H19N3O/c1-3-10-6-12(14-8-13-10)15(2)7-9-4-11(16)5-9/h6,8-9,11,16H,3-5,7H2,1-2H3. The van der Waals surface area contributed by atoms with Crippen molar-refractivity contribution in [3.8, 4) is 0 Å². The van der Waals surface area contributed by atoms with Gasteiger partial charge in [0.2, 0.25) is 0 Å². The second-order valence-corrected chi connectivity index (χ2v) is 4.59. The van der Waals surface area contributed by atoms with Gasteiger partial charge in [-0.25, -0.2) is 9.97 Å². The zero-order valence-corrected chi connectivity index (χ0v) is 9.93. The van der Waals surface area contributed by atoms with Crippen LogP contribution in [0.4, 0.5) is 5.82 Å². The molecule has 1 aromatic heterocycles. The van der Waals surface area contributed by atoms with Crippen molar-refractivity contribution >= 4 is 5.82 Å². The molecular weight excluding hydrogens is 202 g/mol. The molecule has 16 heavy (non-hydrogen) atoms. The number of rotatable bonds is 4. The molecule has 1 aromatic rings. The minimum atomic E-state index is -0.0741. The van der Waals surface area contributed by atoms with E-state index in [1.165, 1.54) is 0 Å². The van der Waals surface area contributed by atoms with Crippen LogP contribution in [0, 0.1) is 5.92 Å². The van der Waals surface area contributed by atoms with Gasteiger partial charge in [0.1, 0.15) is 12.1 Å². The Morgan fingerprint density at radius 1 is 1.44 bits per heavy atom. The van der Waals surface area contributed by atoms with Crippen LogP contribution in [0.15, 0.2) is 12.4 Å². The van der Waals surface area contributed by atoms with Gasteiger partial charge < -0.3 is 10.0 Å². The molecule has 0 radical (unpaired) electrons. The quantitative estimate of drug-likeness (QED) is 0.831. The van der Waals surface area contributed by atoms with Gasteiger partial charge in [0.15, 0.2) is 0 Å². The van der Waals surface area contributed by atoms with E-state index in [2.05, 4.69) is 21.8 Å². The number of nitrogens with zero attached hydrogens (tertiary/aromatic N) is 3. The summed E-state index contributed by atoms with van der Waals surface area (Å²) in [6, 6.07) is 2.04. The van der Waals surface area contributed by atoms with Crippen molar-refractivity contribution in [2.45, 2.75) is 32.3 Å². The van der Waals surface area contributed by atoms with Gasteiger partial charge in [-0.15, -0.1) is 0 Å². The normalized spacial score (nSPS) is 23.9. The molecular formula is C12H19N3O. The molecule has 2 rings (SSSR count). The van der Waals surface area contributed by atoms with Gasteiger partial charge >= 0.3 is 0 Å². The first-order chi connectivity index (χ1) is 7.69. The summed E-state index contributed by atoms with van der Waals surface area (Å²) in [5, 5.41) is 9.24. The Balaban J connectivity index is 1.94. The Labute approximate surface area is 96.3 Å². The zero-order valence-electron chi connectivity index (χ0n) is 9.93. The number of aromatic nitrogens is 2. The van der Waals surface area contributed by atoms with Crippen molar-refractivity contribution in [1.82, 2.24) is 9.97 Å². The third-order valence-electron chi connectivity index (χ3n) is 3.21. The number of hydrogen-bond acceptors (Lipinski definition) is 4. The van der Waals surface area contributed by atoms with E-state index in [0.717, 1.165) is 37.3 Å². The molecule has 1 heterocycles. The topological polar surface area (TPSA) is 49.2 Å². The van der Waals surface area contributed by atoms with E-state index in [0.29, 0.717) is 5.92 Å². The number of anilines is 1. The molecule has 1 aliphatic carbocycles. The molecule has 0 atom stereocenters. The second-order valence-electron chi connectivity index (χ2n) is 4.59. The lowest BCUT2D eigenvalue weighted by atomic mass is 9.82. The van der Waals surface area contributed by atoms with E-state index in [9.17, 15) is 5.11 Å². The first-order valence-corrected chi connectivity index (χ1v) is 5.89. The third kappa shape index (κ3) is 2.50. The van der Waals surface area contributed by atoms with Crippen molar-refractivity contribution in [3.63, 3.8) is 0 Å². The van der Waals surface area contributed by atoms with E-state index >= 15 is 0 Å². The first kappa shape index (κ1) is 11.3. The van der Waals surface area contributed by atoms with Gasteiger partial charge in [0, 0.05) is 25.4 Å². The lowest BCUT2D eigenvalue weighted by molar-refractivity contribution is 0.0464. The molecule has 4 nitrogen and oxygen atoms in total. The maximum atomic E-state index is 9.24. The molecule has 4 heteroatoms. The number of aryl methyl sites for hydroxylation is 1.